The molecule has 0 heterocycles. The molecule has 0 aliphatic rings. The lowest BCUT2D eigenvalue weighted by molar-refractivity contribution is -0.123. The minimum Gasteiger partial charge on any atom is -0.449 e. The Morgan fingerprint density at radius 3 is 2.58 bits per heavy atom. The first-order valence-electron chi connectivity index (χ1n) is 7.46. The first-order valence-corrected chi connectivity index (χ1v) is 7.46. The number of nitrogens with zero attached hydrogens (tertiary/aromatic N) is 1. The summed E-state index contributed by atoms with van der Waals surface area (Å²) in [7, 11) is 0. The zero-order chi connectivity index (χ0) is 19.1. The van der Waals surface area contributed by atoms with Crippen LogP contribution in [0.2, 0.25) is 0 Å². The van der Waals surface area contributed by atoms with Crippen molar-refractivity contribution in [3.05, 3.63) is 59.7 Å². The summed E-state index contributed by atoms with van der Waals surface area (Å²) in [5.41, 5.74) is 0.409. The standard InChI is InChI=1S/C18H14F2N2O4/c1-11(25-17(24)13-6-4-5-12(9-13)10-21)16(23)22-14-7-2-3-8-15(14)26-18(19)20/h2-9,11,18H,1H3,(H,22,23)/t11-/m1/s1. The number of amides is 1. The summed E-state index contributed by atoms with van der Waals surface area (Å²) in [5.74, 6) is -1.72. The third-order valence-electron chi connectivity index (χ3n) is 3.24. The van der Waals surface area contributed by atoms with E-state index >= 15 is 0 Å². The van der Waals surface area contributed by atoms with Gasteiger partial charge in [-0.15, -0.1) is 0 Å². The molecule has 8 heteroatoms. The highest BCUT2D eigenvalue weighted by Gasteiger charge is 2.21. The van der Waals surface area contributed by atoms with Crippen LogP contribution in [0.5, 0.6) is 5.75 Å². The summed E-state index contributed by atoms with van der Waals surface area (Å²) in [5, 5.41) is 11.2. The molecule has 2 rings (SSSR count). The number of nitriles is 1. The molecule has 0 spiro atoms. The summed E-state index contributed by atoms with van der Waals surface area (Å²) in [6.07, 6.45) is -1.20. The van der Waals surface area contributed by atoms with Crippen LogP contribution in [0.3, 0.4) is 0 Å². The number of anilines is 1. The molecule has 0 saturated carbocycles. The van der Waals surface area contributed by atoms with Gasteiger partial charge in [-0.05, 0) is 37.3 Å². The maximum Gasteiger partial charge on any atom is 0.387 e. The monoisotopic (exact) mass is 360 g/mol. The molecule has 6 nitrogen and oxygen atoms in total. The molecule has 0 aromatic heterocycles. The van der Waals surface area contributed by atoms with E-state index in [1.54, 1.807) is 0 Å². The second-order valence-corrected chi connectivity index (χ2v) is 5.10. The summed E-state index contributed by atoms with van der Waals surface area (Å²) in [6, 6.07) is 13.3. The first-order chi connectivity index (χ1) is 12.4. The van der Waals surface area contributed by atoms with Crippen LogP contribution in [0.1, 0.15) is 22.8 Å². The normalized spacial score (nSPS) is 11.3. The number of benzene rings is 2. The zero-order valence-corrected chi connectivity index (χ0v) is 13.6. The lowest BCUT2D eigenvalue weighted by Gasteiger charge is -2.15. The predicted molar refractivity (Wildman–Crippen MR) is 87.7 cm³/mol. The predicted octanol–water partition coefficient (Wildman–Crippen LogP) is 3.34. The molecule has 134 valence electrons. The van der Waals surface area contributed by atoms with Crippen LogP contribution in [0.25, 0.3) is 0 Å². The van der Waals surface area contributed by atoms with Crippen LogP contribution in [-0.2, 0) is 9.53 Å². The quantitative estimate of drug-likeness (QED) is 0.798. The van der Waals surface area contributed by atoms with Crippen LogP contribution in [-0.4, -0.2) is 24.6 Å². The van der Waals surface area contributed by atoms with E-state index < -0.39 is 24.6 Å². The molecule has 0 aliphatic carbocycles. The number of carbonyl (C=O) groups excluding carboxylic acids is 2. The Bertz CT molecular complexity index is 849. The number of nitrogens with one attached hydrogen (secondary N) is 1. The van der Waals surface area contributed by atoms with E-state index in [0.717, 1.165) is 0 Å². The lowest BCUT2D eigenvalue weighted by atomic mass is 10.1. The zero-order valence-electron chi connectivity index (χ0n) is 13.6. The third-order valence-corrected chi connectivity index (χ3v) is 3.24. The molecule has 2 aromatic carbocycles. The summed E-state index contributed by atoms with van der Waals surface area (Å²) < 4.78 is 34.1. The Morgan fingerprint density at radius 1 is 1.15 bits per heavy atom. The van der Waals surface area contributed by atoms with Crippen molar-refractivity contribution in [2.24, 2.45) is 0 Å². The summed E-state index contributed by atoms with van der Waals surface area (Å²) in [4.78, 5) is 24.2. The highest BCUT2D eigenvalue weighted by molar-refractivity contribution is 5.98. The van der Waals surface area contributed by atoms with Gasteiger partial charge in [-0.3, -0.25) is 4.79 Å². The summed E-state index contributed by atoms with van der Waals surface area (Å²) in [6.45, 7) is -1.71. The van der Waals surface area contributed by atoms with Gasteiger partial charge in [0.25, 0.3) is 5.91 Å². The van der Waals surface area contributed by atoms with Gasteiger partial charge in [0.15, 0.2) is 6.10 Å². The maximum atomic E-state index is 12.4. The second-order valence-electron chi connectivity index (χ2n) is 5.10. The molecule has 1 atom stereocenters. The van der Waals surface area contributed by atoms with Gasteiger partial charge in [0.2, 0.25) is 0 Å². The number of carbonyl (C=O) groups is 2. The number of alkyl halides is 2. The average molecular weight is 360 g/mol. The molecular weight excluding hydrogens is 346 g/mol. The topological polar surface area (TPSA) is 88.4 Å². The minimum absolute atomic E-state index is 0.0205. The van der Waals surface area contributed by atoms with Crippen molar-refractivity contribution in [1.82, 2.24) is 0 Å². The maximum absolute atomic E-state index is 12.4. The van der Waals surface area contributed by atoms with Crippen LogP contribution < -0.4 is 10.1 Å². The van der Waals surface area contributed by atoms with Gasteiger partial charge >= 0.3 is 12.6 Å². The van der Waals surface area contributed by atoms with Crippen molar-refractivity contribution in [2.45, 2.75) is 19.6 Å². The van der Waals surface area contributed by atoms with Gasteiger partial charge in [0, 0.05) is 0 Å². The molecule has 1 N–H and O–H groups in total. The molecule has 0 aliphatic heterocycles. The second kappa shape index (κ2) is 8.58. The SMILES string of the molecule is C[C@@H](OC(=O)c1cccc(C#N)c1)C(=O)Nc1ccccc1OC(F)F. The van der Waals surface area contributed by atoms with E-state index in [1.165, 1.54) is 55.5 Å². The third kappa shape index (κ3) is 5.01. The van der Waals surface area contributed by atoms with E-state index in [2.05, 4.69) is 10.1 Å². The molecule has 0 radical (unpaired) electrons. The fourth-order valence-electron chi connectivity index (χ4n) is 2.00. The van der Waals surface area contributed by atoms with Gasteiger partial charge < -0.3 is 14.8 Å². The van der Waals surface area contributed by atoms with Gasteiger partial charge in [0.05, 0.1) is 22.9 Å². The van der Waals surface area contributed by atoms with E-state index in [9.17, 15) is 18.4 Å². The molecule has 26 heavy (non-hydrogen) atoms. The van der Waals surface area contributed by atoms with Crippen LogP contribution >= 0.6 is 0 Å². The van der Waals surface area contributed by atoms with Crippen LogP contribution in [0.4, 0.5) is 14.5 Å². The minimum atomic E-state index is -3.05. The van der Waals surface area contributed by atoms with Crippen molar-refractivity contribution in [2.75, 3.05) is 5.32 Å². The van der Waals surface area contributed by atoms with Crippen molar-refractivity contribution in [3.8, 4) is 11.8 Å². The van der Waals surface area contributed by atoms with Gasteiger partial charge in [-0.2, -0.15) is 14.0 Å². The Balaban J connectivity index is 2.04. The molecular formula is C18H14F2N2O4. The molecule has 0 bridgehead atoms. The van der Waals surface area contributed by atoms with Crippen molar-refractivity contribution in [1.29, 1.82) is 5.26 Å². The van der Waals surface area contributed by atoms with E-state index in [-0.39, 0.29) is 22.6 Å². The molecule has 1 amide bonds. The summed E-state index contributed by atoms with van der Waals surface area (Å²) >= 11 is 0. The number of hydrogen-bond acceptors (Lipinski definition) is 5. The molecule has 0 saturated heterocycles. The first kappa shape index (κ1) is 18.9. The Kier molecular flexibility index (Phi) is 6.22. The molecule has 0 fully saturated rings. The van der Waals surface area contributed by atoms with Gasteiger partial charge in [-0.25, -0.2) is 4.79 Å². The van der Waals surface area contributed by atoms with Crippen molar-refractivity contribution < 1.29 is 27.8 Å². The van der Waals surface area contributed by atoms with Crippen LogP contribution in [0, 0.1) is 11.3 Å². The Labute approximate surface area is 148 Å². The Morgan fingerprint density at radius 2 is 1.88 bits per heavy atom. The smallest absolute Gasteiger partial charge is 0.387 e. The fourth-order valence-corrected chi connectivity index (χ4v) is 2.00. The fraction of sp³-hybridized carbons (Fsp3) is 0.167. The van der Waals surface area contributed by atoms with Gasteiger partial charge in [0.1, 0.15) is 5.75 Å². The number of hydrogen-bond donors (Lipinski definition) is 1. The van der Waals surface area contributed by atoms with Crippen molar-refractivity contribution >= 4 is 17.6 Å². The van der Waals surface area contributed by atoms with E-state index in [4.69, 9.17) is 10.00 Å². The lowest BCUT2D eigenvalue weighted by Crippen LogP contribution is -2.30. The van der Waals surface area contributed by atoms with Crippen LogP contribution in [0.15, 0.2) is 48.5 Å². The highest BCUT2D eigenvalue weighted by atomic mass is 19.3. The van der Waals surface area contributed by atoms with Crippen molar-refractivity contribution in [3.63, 3.8) is 0 Å². The number of para-hydroxylation sites is 2. The molecule has 0 unspecified atom stereocenters. The number of esters is 1. The van der Waals surface area contributed by atoms with E-state index in [1.807, 2.05) is 6.07 Å². The highest BCUT2D eigenvalue weighted by Crippen LogP contribution is 2.25. The van der Waals surface area contributed by atoms with E-state index in [0.29, 0.717) is 0 Å². The number of ether oxygens (including phenoxy) is 2. The average Bonchev–Trinajstić information content (AvgIpc) is 2.62. The Hall–Kier alpha value is -3.47. The molecule has 2 aromatic rings. The van der Waals surface area contributed by atoms with Gasteiger partial charge in [-0.1, -0.05) is 18.2 Å². The number of halogens is 2. The number of rotatable bonds is 6. The largest absolute Gasteiger partial charge is 0.449 e.